The summed E-state index contributed by atoms with van der Waals surface area (Å²) in [6.07, 6.45) is 2.72. The lowest BCUT2D eigenvalue weighted by molar-refractivity contribution is -0.116. The van der Waals surface area contributed by atoms with E-state index in [2.05, 4.69) is 11.1 Å². The molecule has 0 fully saturated rings. The van der Waals surface area contributed by atoms with E-state index in [0.29, 0.717) is 0 Å². The second-order valence-electron chi connectivity index (χ2n) is 4.48. The highest BCUT2D eigenvalue weighted by atomic mass is 16.2. The van der Waals surface area contributed by atoms with E-state index in [0.717, 1.165) is 29.9 Å². The molecule has 0 aliphatic carbocycles. The number of hydrogen-bond donors (Lipinski definition) is 0. The van der Waals surface area contributed by atoms with E-state index in [1.807, 2.05) is 35.2 Å². The highest BCUT2D eigenvalue weighted by Crippen LogP contribution is 2.31. The number of pyridine rings is 1. The third kappa shape index (κ3) is 1.78. The van der Waals surface area contributed by atoms with Crippen LogP contribution in [0.3, 0.4) is 0 Å². The molecule has 1 aromatic carbocycles. The quantitative estimate of drug-likeness (QED) is 0.765. The van der Waals surface area contributed by atoms with Gasteiger partial charge in [-0.3, -0.25) is 9.78 Å². The van der Waals surface area contributed by atoms with Gasteiger partial charge in [0.1, 0.15) is 0 Å². The second-order valence-corrected chi connectivity index (χ2v) is 4.48. The van der Waals surface area contributed by atoms with Crippen LogP contribution in [-0.4, -0.2) is 17.4 Å². The average molecular weight is 238 g/mol. The molecule has 0 saturated heterocycles. The van der Waals surface area contributed by atoms with Crippen molar-refractivity contribution in [3.8, 4) is 11.3 Å². The molecule has 0 bridgehead atoms. The van der Waals surface area contributed by atoms with Crippen LogP contribution < -0.4 is 4.90 Å². The van der Waals surface area contributed by atoms with Gasteiger partial charge in [-0.25, -0.2) is 0 Å². The minimum absolute atomic E-state index is 0.110. The monoisotopic (exact) mass is 238 g/mol. The molecule has 0 N–H and O–H groups in total. The van der Waals surface area contributed by atoms with Gasteiger partial charge in [0.15, 0.2) is 0 Å². The molecule has 0 atom stereocenters. The Morgan fingerprint density at radius 2 is 2.17 bits per heavy atom. The van der Waals surface area contributed by atoms with Gasteiger partial charge in [-0.2, -0.15) is 0 Å². The van der Waals surface area contributed by atoms with Crippen molar-refractivity contribution < 1.29 is 4.79 Å². The van der Waals surface area contributed by atoms with Crippen LogP contribution in [0.5, 0.6) is 0 Å². The topological polar surface area (TPSA) is 33.2 Å². The maximum absolute atomic E-state index is 11.5. The molecule has 90 valence electrons. The molecule has 3 rings (SSSR count). The van der Waals surface area contributed by atoms with E-state index in [9.17, 15) is 4.79 Å². The highest BCUT2D eigenvalue weighted by Gasteiger charge is 2.22. The van der Waals surface area contributed by atoms with Crippen LogP contribution in [0.15, 0.2) is 42.6 Å². The predicted octanol–water partition coefficient (Wildman–Crippen LogP) is 2.66. The molecular weight excluding hydrogens is 224 g/mol. The molecule has 1 amide bonds. The fourth-order valence-corrected chi connectivity index (χ4v) is 2.42. The molecule has 0 unspecified atom stereocenters. The van der Waals surface area contributed by atoms with Crippen LogP contribution in [0.2, 0.25) is 0 Å². The van der Waals surface area contributed by atoms with Gasteiger partial charge in [0, 0.05) is 30.9 Å². The van der Waals surface area contributed by atoms with Crippen LogP contribution in [0.4, 0.5) is 5.69 Å². The van der Waals surface area contributed by atoms with Gasteiger partial charge in [-0.1, -0.05) is 12.1 Å². The molecule has 1 aromatic heterocycles. The average Bonchev–Trinajstić information content (AvgIpc) is 2.82. The zero-order valence-corrected chi connectivity index (χ0v) is 10.3. The van der Waals surface area contributed by atoms with Gasteiger partial charge in [-0.15, -0.1) is 0 Å². The predicted molar refractivity (Wildman–Crippen MR) is 71.4 cm³/mol. The van der Waals surface area contributed by atoms with Crippen molar-refractivity contribution >= 4 is 11.6 Å². The first kappa shape index (κ1) is 11.0. The Bertz CT molecular complexity index is 593. The number of amides is 1. The minimum Gasteiger partial charge on any atom is -0.312 e. The first-order valence-electron chi connectivity index (χ1n) is 6.08. The van der Waals surface area contributed by atoms with Crippen molar-refractivity contribution in [2.45, 2.75) is 13.3 Å². The summed E-state index contributed by atoms with van der Waals surface area (Å²) in [5.74, 6) is 0.110. The van der Waals surface area contributed by atoms with Gasteiger partial charge in [-0.05, 0) is 36.2 Å². The smallest absolute Gasteiger partial charge is 0.223 e. The number of carbonyl (C=O) groups is 1. The lowest BCUT2D eigenvalue weighted by Crippen LogP contribution is -2.25. The molecular formula is C15H14N2O. The lowest BCUT2D eigenvalue weighted by Gasteiger charge is -2.14. The summed E-state index contributed by atoms with van der Waals surface area (Å²) < 4.78 is 0. The van der Waals surface area contributed by atoms with Crippen LogP contribution in [-0.2, 0) is 11.2 Å². The van der Waals surface area contributed by atoms with Crippen molar-refractivity contribution in [1.82, 2.24) is 4.98 Å². The Hall–Kier alpha value is -2.16. The summed E-state index contributed by atoms with van der Waals surface area (Å²) in [6.45, 7) is 2.40. The number of hydrogen-bond acceptors (Lipinski definition) is 2. The van der Waals surface area contributed by atoms with Crippen LogP contribution in [0.25, 0.3) is 11.3 Å². The van der Waals surface area contributed by atoms with E-state index in [1.54, 1.807) is 13.1 Å². The van der Waals surface area contributed by atoms with Gasteiger partial charge >= 0.3 is 0 Å². The number of fused-ring (bicyclic) bond motifs is 1. The van der Waals surface area contributed by atoms with Crippen molar-refractivity contribution in [3.63, 3.8) is 0 Å². The maximum atomic E-state index is 11.5. The SMILES string of the molecule is CC(=O)N1CCc2cc(-c3ccccn3)ccc21. The Morgan fingerprint density at radius 1 is 1.28 bits per heavy atom. The Balaban J connectivity index is 2.01. The molecule has 0 radical (unpaired) electrons. The van der Waals surface area contributed by atoms with E-state index in [-0.39, 0.29) is 5.91 Å². The Labute approximate surface area is 106 Å². The summed E-state index contributed by atoms with van der Waals surface area (Å²) in [6, 6.07) is 12.1. The zero-order valence-electron chi connectivity index (χ0n) is 10.3. The number of anilines is 1. The summed E-state index contributed by atoms with van der Waals surface area (Å²) in [4.78, 5) is 17.7. The van der Waals surface area contributed by atoms with E-state index in [1.165, 1.54) is 5.56 Å². The molecule has 0 saturated carbocycles. The van der Waals surface area contributed by atoms with Gasteiger partial charge in [0.25, 0.3) is 0 Å². The van der Waals surface area contributed by atoms with E-state index < -0.39 is 0 Å². The second kappa shape index (κ2) is 4.26. The van der Waals surface area contributed by atoms with Crippen molar-refractivity contribution in [3.05, 3.63) is 48.2 Å². The highest BCUT2D eigenvalue weighted by molar-refractivity contribution is 5.94. The van der Waals surface area contributed by atoms with E-state index in [4.69, 9.17) is 0 Å². The standard InChI is InChI=1S/C15H14N2O/c1-11(18)17-9-7-13-10-12(5-6-15(13)17)14-4-2-3-8-16-14/h2-6,8,10H,7,9H2,1H3. The van der Waals surface area contributed by atoms with Crippen LogP contribution >= 0.6 is 0 Å². The minimum atomic E-state index is 0.110. The van der Waals surface area contributed by atoms with Gasteiger partial charge in [0.2, 0.25) is 5.91 Å². The number of nitrogens with zero attached hydrogens (tertiary/aromatic N) is 2. The Morgan fingerprint density at radius 3 is 2.89 bits per heavy atom. The fourth-order valence-electron chi connectivity index (χ4n) is 2.42. The lowest BCUT2D eigenvalue weighted by atomic mass is 10.1. The molecule has 2 aromatic rings. The summed E-state index contributed by atoms with van der Waals surface area (Å²) >= 11 is 0. The van der Waals surface area contributed by atoms with Crippen LogP contribution in [0, 0.1) is 0 Å². The Kier molecular flexibility index (Phi) is 2.59. The number of aromatic nitrogens is 1. The largest absolute Gasteiger partial charge is 0.312 e. The molecule has 1 aliphatic rings. The fraction of sp³-hybridized carbons (Fsp3) is 0.200. The first-order chi connectivity index (χ1) is 8.75. The molecule has 3 heteroatoms. The molecule has 1 aliphatic heterocycles. The maximum Gasteiger partial charge on any atom is 0.223 e. The number of rotatable bonds is 1. The molecule has 0 spiro atoms. The summed E-state index contributed by atoms with van der Waals surface area (Å²) in [5.41, 5.74) is 4.36. The first-order valence-corrected chi connectivity index (χ1v) is 6.08. The van der Waals surface area contributed by atoms with Crippen molar-refractivity contribution in [2.75, 3.05) is 11.4 Å². The molecule has 3 nitrogen and oxygen atoms in total. The van der Waals surface area contributed by atoms with E-state index >= 15 is 0 Å². The number of carbonyl (C=O) groups excluding carboxylic acids is 1. The van der Waals surface area contributed by atoms with Crippen molar-refractivity contribution in [1.29, 1.82) is 0 Å². The molecule has 2 heterocycles. The third-order valence-electron chi connectivity index (χ3n) is 3.32. The normalized spacial score (nSPS) is 13.5. The molecule has 18 heavy (non-hydrogen) atoms. The number of benzene rings is 1. The summed E-state index contributed by atoms with van der Waals surface area (Å²) in [5, 5.41) is 0. The zero-order chi connectivity index (χ0) is 12.5. The summed E-state index contributed by atoms with van der Waals surface area (Å²) in [7, 11) is 0. The van der Waals surface area contributed by atoms with Gasteiger partial charge in [0.05, 0.1) is 5.69 Å². The van der Waals surface area contributed by atoms with Crippen molar-refractivity contribution in [2.24, 2.45) is 0 Å². The van der Waals surface area contributed by atoms with Gasteiger partial charge < -0.3 is 4.90 Å². The third-order valence-corrected chi connectivity index (χ3v) is 3.32. The van der Waals surface area contributed by atoms with Crippen LogP contribution in [0.1, 0.15) is 12.5 Å².